The van der Waals surface area contributed by atoms with Crippen molar-refractivity contribution < 1.29 is 14.3 Å². The fourth-order valence-electron chi connectivity index (χ4n) is 3.43. The summed E-state index contributed by atoms with van der Waals surface area (Å²) in [6.07, 6.45) is 2.41. The van der Waals surface area contributed by atoms with E-state index in [1.165, 1.54) is 0 Å². The number of carbonyl (C=O) groups is 2. The molecule has 1 aliphatic heterocycles. The van der Waals surface area contributed by atoms with E-state index in [-0.39, 0.29) is 18.4 Å². The van der Waals surface area contributed by atoms with Crippen molar-refractivity contribution in [2.75, 3.05) is 18.1 Å². The van der Waals surface area contributed by atoms with Gasteiger partial charge in [0.2, 0.25) is 0 Å². The Morgan fingerprint density at radius 3 is 2.87 bits per heavy atom. The lowest BCUT2D eigenvalue weighted by atomic mass is 10.1. The van der Waals surface area contributed by atoms with Crippen molar-refractivity contribution in [3.05, 3.63) is 89.2 Å². The Morgan fingerprint density at radius 1 is 1.13 bits per heavy atom. The van der Waals surface area contributed by atoms with Gasteiger partial charge >= 0.3 is 0 Å². The molecule has 1 aliphatic rings. The van der Waals surface area contributed by atoms with E-state index in [4.69, 9.17) is 4.74 Å². The van der Waals surface area contributed by atoms with Crippen LogP contribution in [-0.4, -0.2) is 29.9 Å². The predicted octanol–water partition coefficient (Wildman–Crippen LogP) is 3.29. The van der Waals surface area contributed by atoms with Gasteiger partial charge in [-0.1, -0.05) is 24.3 Å². The summed E-state index contributed by atoms with van der Waals surface area (Å²) in [6.45, 7) is 2.89. The molecular formula is C24H23N3O3. The van der Waals surface area contributed by atoms with Gasteiger partial charge in [-0.3, -0.25) is 14.6 Å². The van der Waals surface area contributed by atoms with Crippen molar-refractivity contribution in [3.63, 3.8) is 0 Å². The maximum atomic E-state index is 12.6. The van der Waals surface area contributed by atoms with Gasteiger partial charge in [0.25, 0.3) is 11.8 Å². The summed E-state index contributed by atoms with van der Waals surface area (Å²) in [6, 6.07) is 18.9. The smallest absolute Gasteiger partial charge is 0.265 e. The van der Waals surface area contributed by atoms with Crippen molar-refractivity contribution in [2.24, 2.45) is 0 Å². The van der Waals surface area contributed by atoms with Gasteiger partial charge < -0.3 is 15.0 Å². The molecule has 30 heavy (non-hydrogen) atoms. The first-order valence-corrected chi connectivity index (χ1v) is 9.91. The number of rotatable bonds is 6. The molecule has 0 saturated carbocycles. The number of carbonyl (C=O) groups excluding carboxylic acids is 2. The predicted molar refractivity (Wildman–Crippen MR) is 115 cm³/mol. The largest absolute Gasteiger partial charge is 0.482 e. The SMILES string of the molecule is Cc1ccc2c(c1)N(Cc1cccc(C(=O)NCCc3ccccn3)c1)C(=O)CO2. The molecular weight excluding hydrogens is 378 g/mol. The number of amides is 2. The van der Waals surface area contributed by atoms with Crippen LogP contribution in [0.25, 0.3) is 0 Å². The van der Waals surface area contributed by atoms with E-state index in [1.54, 1.807) is 17.2 Å². The minimum atomic E-state index is -0.141. The molecule has 2 heterocycles. The third-order valence-electron chi connectivity index (χ3n) is 4.98. The van der Waals surface area contributed by atoms with Gasteiger partial charge in [0, 0.05) is 30.4 Å². The Balaban J connectivity index is 1.44. The van der Waals surface area contributed by atoms with Crippen LogP contribution in [0.15, 0.2) is 66.9 Å². The minimum absolute atomic E-state index is 0.0176. The van der Waals surface area contributed by atoms with E-state index >= 15 is 0 Å². The van der Waals surface area contributed by atoms with Crippen LogP contribution in [0, 0.1) is 6.92 Å². The standard InChI is InChI=1S/C24H23N3O3/c1-17-8-9-22-21(13-17)27(23(28)16-30-22)15-18-5-4-6-19(14-18)24(29)26-12-10-20-7-2-3-11-25-20/h2-9,11,13-14H,10,12,15-16H2,1H3,(H,26,29). The van der Waals surface area contributed by atoms with Crippen molar-refractivity contribution in [1.82, 2.24) is 10.3 Å². The van der Waals surface area contributed by atoms with Crippen LogP contribution in [-0.2, 0) is 17.8 Å². The Morgan fingerprint density at radius 2 is 2.03 bits per heavy atom. The zero-order valence-electron chi connectivity index (χ0n) is 16.8. The van der Waals surface area contributed by atoms with Gasteiger partial charge in [-0.05, 0) is 54.4 Å². The van der Waals surface area contributed by atoms with Crippen LogP contribution in [0.2, 0.25) is 0 Å². The Bertz CT molecular complexity index is 1070. The summed E-state index contributed by atoms with van der Waals surface area (Å²) in [7, 11) is 0. The average Bonchev–Trinajstić information content (AvgIpc) is 2.77. The van der Waals surface area contributed by atoms with Crippen molar-refractivity contribution in [3.8, 4) is 5.75 Å². The van der Waals surface area contributed by atoms with E-state index in [0.717, 1.165) is 22.5 Å². The number of hydrogen-bond acceptors (Lipinski definition) is 4. The Hall–Kier alpha value is -3.67. The van der Waals surface area contributed by atoms with E-state index in [0.29, 0.717) is 30.8 Å². The second kappa shape index (κ2) is 8.78. The molecule has 0 aliphatic carbocycles. The van der Waals surface area contributed by atoms with Crippen LogP contribution in [0.3, 0.4) is 0 Å². The molecule has 1 aromatic heterocycles. The highest BCUT2D eigenvalue weighted by molar-refractivity contribution is 5.98. The second-order valence-electron chi connectivity index (χ2n) is 7.27. The number of aromatic nitrogens is 1. The summed E-state index contributed by atoms with van der Waals surface area (Å²) >= 11 is 0. The van der Waals surface area contributed by atoms with E-state index in [1.807, 2.05) is 61.5 Å². The third-order valence-corrected chi connectivity index (χ3v) is 4.98. The van der Waals surface area contributed by atoms with E-state index in [9.17, 15) is 9.59 Å². The second-order valence-corrected chi connectivity index (χ2v) is 7.27. The van der Waals surface area contributed by atoms with Gasteiger partial charge in [0.05, 0.1) is 12.2 Å². The molecule has 1 N–H and O–H groups in total. The van der Waals surface area contributed by atoms with Gasteiger partial charge in [0.1, 0.15) is 5.75 Å². The van der Waals surface area contributed by atoms with Gasteiger partial charge in [0.15, 0.2) is 6.61 Å². The molecule has 2 amide bonds. The van der Waals surface area contributed by atoms with Gasteiger partial charge in [-0.25, -0.2) is 0 Å². The van der Waals surface area contributed by atoms with Crippen molar-refractivity contribution >= 4 is 17.5 Å². The van der Waals surface area contributed by atoms with Crippen molar-refractivity contribution in [1.29, 1.82) is 0 Å². The lowest BCUT2D eigenvalue weighted by Gasteiger charge is -2.29. The minimum Gasteiger partial charge on any atom is -0.482 e. The number of hydrogen-bond donors (Lipinski definition) is 1. The summed E-state index contributed by atoms with van der Waals surface area (Å²) in [5.41, 5.74) is 4.20. The summed E-state index contributed by atoms with van der Waals surface area (Å²) in [5, 5.41) is 2.93. The number of nitrogens with zero attached hydrogens (tertiary/aromatic N) is 2. The lowest BCUT2D eigenvalue weighted by molar-refractivity contribution is -0.121. The number of benzene rings is 2. The molecule has 152 valence electrons. The molecule has 0 radical (unpaired) electrons. The molecule has 0 saturated heterocycles. The zero-order chi connectivity index (χ0) is 20.9. The normalized spacial score (nSPS) is 12.8. The van der Waals surface area contributed by atoms with Gasteiger partial charge in [-0.15, -0.1) is 0 Å². The van der Waals surface area contributed by atoms with Crippen LogP contribution >= 0.6 is 0 Å². The molecule has 2 aromatic carbocycles. The molecule has 0 unspecified atom stereocenters. The summed E-state index contributed by atoms with van der Waals surface area (Å²) in [5.74, 6) is 0.458. The maximum absolute atomic E-state index is 12.6. The molecule has 0 fully saturated rings. The molecule has 0 bridgehead atoms. The highest BCUT2D eigenvalue weighted by Gasteiger charge is 2.25. The third kappa shape index (κ3) is 4.49. The molecule has 3 aromatic rings. The zero-order valence-corrected chi connectivity index (χ0v) is 16.8. The Labute approximate surface area is 175 Å². The van der Waals surface area contributed by atoms with E-state index in [2.05, 4.69) is 10.3 Å². The lowest BCUT2D eigenvalue weighted by Crippen LogP contribution is -2.38. The van der Waals surface area contributed by atoms with Crippen LogP contribution in [0.5, 0.6) is 5.75 Å². The summed E-state index contributed by atoms with van der Waals surface area (Å²) in [4.78, 5) is 31.0. The molecule has 6 heteroatoms. The number of anilines is 1. The average molecular weight is 401 g/mol. The van der Waals surface area contributed by atoms with E-state index < -0.39 is 0 Å². The topological polar surface area (TPSA) is 71.5 Å². The monoisotopic (exact) mass is 401 g/mol. The molecule has 4 rings (SSSR count). The first kappa shape index (κ1) is 19.6. The molecule has 0 spiro atoms. The number of ether oxygens (including phenoxy) is 1. The highest BCUT2D eigenvalue weighted by Crippen LogP contribution is 2.33. The Kier molecular flexibility index (Phi) is 5.75. The first-order valence-electron chi connectivity index (χ1n) is 9.91. The van der Waals surface area contributed by atoms with Crippen LogP contribution in [0.4, 0.5) is 5.69 Å². The molecule has 0 atom stereocenters. The number of fused-ring (bicyclic) bond motifs is 1. The number of nitrogens with one attached hydrogen (secondary N) is 1. The van der Waals surface area contributed by atoms with Crippen LogP contribution < -0.4 is 15.0 Å². The summed E-state index contributed by atoms with van der Waals surface area (Å²) < 4.78 is 5.54. The van der Waals surface area contributed by atoms with Crippen LogP contribution in [0.1, 0.15) is 27.2 Å². The first-order chi connectivity index (χ1) is 14.6. The fraction of sp³-hybridized carbons (Fsp3) is 0.208. The highest BCUT2D eigenvalue weighted by atomic mass is 16.5. The van der Waals surface area contributed by atoms with Crippen molar-refractivity contribution in [2.45, 2.75) is 19.9 Å². The molecule has 6 nitrogen and oxygen atoms in total. The number of pyridine rings is 1. The fourth-order valence-corrected chi connectivity index (χ4v) is 3.43. The quantitative estimate of drug-likeness (QED) is 0.688. The van der Waals surface area contributed by atoms with Gasteiger partial charge in [-0.2, -0.15) is 0 Å². The maximum Gasteiger partial charge on any atom is 0.265 e. The number of aryl methyl sites for hydroxylation is 1.